The van der Waals surface area contributed by atoms with Gasteiger partial charge < -0.3 is 4.55 Å². The van der Waals surface area contributed by atoms with Crippen molar-refractivity contribution < 1.29 is 26.5 Å². The molecule has 0 amide bonds. The molecule has 1 heterocycles. The predicted molar refractivity (Wildman–Crippen MR) is 93.5 cm³/mol. The van der Waals surface area contributed by atoms with E-state index in [-0.39, 0.29) is 11.1 Å². The number of aromatic nitrogens is 1. The first-order chi connectivity index (χ1) is 12.3. The van der Waals surface area contributed by atoms with E-state index in [0.29, 0.717) is 0 Å². The van der Waals surface area contributed by atoms with Crippen LogP contribution in [0.1, 0.15) is 43.6 Å². The summed E-state index contributed by atoms with van der Waals surface area (Å²) in [7, 11) is 0. The minimum absolute atomic E-state index is 0.113. The number of alkyl halides is 3. The maximum atomic E-state index is 14.5. The van der Waals surface area contributed by atoms with Crippen LogP contribution in [0.4, 0.5) is 22.0 Å². The van der Waals surface area contributed by atoms with Crippen LogP contribution in [0.25, 0.3) is 0 Å². The van der Waals surface area contributed by atoms with Gasteiger partial charge in [-0.05, 0) is 38.5 Å². The summed E-state index contributed by atoms with van der Waals surface area (Å²) < 4.78 is 80.5. The molecule has 0 radical (unpaired) electrons. The van der Waals surface area contributed by atoms with Crippen molar-refractivity contribution in [3.63, 3.8) is 0 Å². The molecule has 0 aliphatic carbocycles. The molecule has 2 aromatic rings. The molecular weight excluding hydrogens is 411 g/mol. The molecule has 0 saturated carbocycles. The molecule has 10 heteroatoms. The van der Waals surface area contributed by atoms with E-state index in [0.717, 1.165) is 30.5 Å². The highest BCUT2D eigenvalue weighted by atomic mass is 35.5. The lowest BCUT2D eigenvalue weighted by molar-refractivity contribution is -0.141. The number of rotatable bonds is 4. The molecule has 1 aromatic carbocycles. The molecule has 0 saturated heterocycles. The van der Waals surface area contributed by atoms with Gasteiger partial charge in [0.25, 0.3) is 0 Å². The van der Waals surface area contributed by atoms with Gasteiger partial charge in [-0.25, -0.2) is 8.78 Å². The van der Waals surface area contributed by atoms with E-state index in [2.05, 4.69) is 9.71 Å². The normalized spacial score (nSPS) is 14.9. The Bertz CT molecular complexity index is 809. The molecule has 0 aliphatic heterocycles. The van der Waals surface area contributed by atoms with Crippen LogP contribution >= 0.6 is 11.6 Å². The van der Waals surface area contributed by atoms with Gasteiger partial charge in [0, 0.05) is 23.1 Å². The number of nitrogens with zero attached hydrogens (tertiary/aromatic N) is 1. The zero-order valence-corrected chi connectivity index (χ0v) is 16.1. The number of pyridine rings is 1. The Morgan fingerprint density at radius 1 is 1.11 bits per heavy atom. The van der Waals surface area contributed by atoms with Crippen molar-refractivity contribution in [2.24, 2.45) is 0 Å². The van der Waals surface area contributed by atoms with Crippen LogP contribution in [0.2, 0.25) is 5.02 Å². The third-order valence-electron chi connectivity index (χ3n) is 3.57. The molecule has 1 N–H and O–H groups in total. The average molecular weight is 427 g/mol. The highest BCUT2D eigenvalue weighted by molar-refractivity contribution is 7.90. The van der Waals surface area contributed by atoms with Crippen LogP contribution in [0, 0.1) is 11.6 Å². The maximum absolute atomic E-state index is 14.5. The molecule has 0 spiro atoms. The second kappa shape index (κ2) is 7.90. The summed E-state index contributed by atoms with van der Waals surface area (Å²) in [5, 5.41) is -0.763. The summed E-state index contributed by atoms with van der Waals surface area (Å²) >= 11 is 3.89. The molecule has 0 bridgehead atoms. The predicted octanol–water partition coefficient (Wildman–Crippen LogP) is 5.17. The molecular formula is C17H16ClF5N2OS. The molecule has 2 rings (SSSR count). The Morgan fingerprint density at radius 3 is 2.22 bits per heavy atom. The van der Waals surface area contributed by atoms with Gasteiger partial charge in [0.05, 0.1) is 0 Å². The van der Waals surface area contributed by atoms with E-state index in [1.165, 1.54) is 0 Å². The fraction of sp³-hybridized carbons (Fsp3) is 0.353. The van der Waals surface area contributed by atoms with Crippen molar-refractivity contribution >= 4 is 23.0 Å². The first kappa shape index (κ1) is 21.9. The number of benzene rings is 1. The van der Waals surface area contributed by atoms with Crippen molar-refractivity contribution in [3.8, 4) is 0 Å². The zero-order valence-electron chi connectivity index (χ0n) is 14.5. The number of hydrogen-bond acceptors (Lipinski definition) is 3. The van der Waals surface area contributed by atoms with Crippen LogP contribution < -0.4 is 4.72 Å². The first-order valence-corrected chi connectivity index (χ1v) is 9.19. The number of halogens is 6. The van der Waals surface area contributed by atoms with E-state index < -0.39 is 50.7 Å². The summed E-state index contributed by atoms with van der Waals surface area (Å²) in [6, 6.07) is 2.67. The van der Waals surface area contributed by atoms with Crippen molar-refractivity contribution in [2.45, 2.75) is 37.7 Å². The summed E-state index contributed by atoms with van der Waals surface area (Å²) in [5.74, 6) is -2.08. The fourth-order valence-electron chi connectivity index (χ4n) is 2.10. The average Bonchev–Trinajstić information content (AvgIpc) is 2.56. The molecule has 1 aromatic heterocycles. The maximum Gasteiger partial charge on any atom is 0.433 e. The molecule has 2 unspecified atom stereocenters. The van der Waals surface area contributed by atoms with Crippen LogP contribution in [-0.4, -0.2) is 14.3 Å². The Labute approximate surface area is 161 Å². The highest BCUT2D eigenvalue weighted by Crippen LogP contribution is 2.33. The van der Waals surface area contributed by atoms with Gasteiger partial charge in [-0.3, -0.25) is 4.98 Å². The van der Waals surface area contributed by atoms with Gasteiger partial charge in [0.2, 0.25) is 0 Å². The van der Waals surface area contributed by atoms with Crippen molar-refractivity contribution in [1.82, 2.24) is 9.71 Å². The van der Waals surface area contributed by atoms with E-state index in [1.54, 1.807) is 20.8 Å². The van der Waals surface area contributed by atoms with E-state index >= 15 is 0 Å². The van der Waals surface area contributed by atoms with Crippen molar-refractivity contribution in [3.05, 3.63) is 63.9 Å². The lowest BCUT2D eigenvalue weighted by Crippen LogP contribution is -2.41. The number of hydrogen-bond donors (Lipinski definition) is 1. The van der Waals surface area contributed by atoms with E-state index in [9.17, 15) is 26.5 Å². The lowest BCUT2D eigenvalue weighted by atomic mass is 10.00. The lowest BCUT2D eigenvalue weighted by Gasteiger charge is -2.28. The van der Waals surface area contributed by atoms with Gasteiger partial charge in [-0.15, -0.1) is 4.72 Å². The summed E-state index contributed by atoms with van der Waals surface area (Å²) in [5.41, 5.74) is -1.18. The topological polar surface area (TPSA) is 48.0 Å². The largest absolute Gasteiger partial charge is 0.598 e. The fourth-order valence-corrected chi connectivity index (χ4v) is 3.11. The minimum atomic E-state index is -4.64. The third kappa shape index (κ3) is 5.10. The van der Waals surface area contributed by atoms with Crippen molar-refractivity contribution in [2.75, 3.05) is 0 Å². The quantitative estimate of drug-likeness (QED) is 0.416. The molecule has 3 nitrogen and oxygen atoms in total. The Kier molecular flexibility index (Phi) is 6.40. The van der Waals surface area contributed by atoms with Crippen molar-refractivity contribution in [1.29, 1.82) is 0 Å². The summed E-state index contributed by atoms with van der Waals surface area (Å²) in [4.78, 5) is 3.34. The SMILES string of the molecule is CC(C)(C)[S+]([O-])NC(c1ccc(C(F)(F)F)nc1)c1ccc(F)c(Cl)c1F. The Morgan fingerprint density at radius 2 is 1.74 bits per heavy atom. The van der Waals surface area contributed by atoms with Crippen LogP contribution in [-0.2, 0) is 17.5 Å². The van der Waals surface area contributed by atoms with E-state index in [1.807, 2.05) is 0 Å². The third-order valence-corrected chi connectivity index (χ3v) is 5.48. The van der Waals surface area contributed by atoms with Gasteiger partial charge >= 0.3 is 6.18 Å². The Balaban J connectivity index is 2.52. The molecule has 2 atom stereocenters. The van der Waals surface area contributed by atoms with E-state index in [4.69, 9.17) is 11.6 Å². The van der Waals surface area contributed by atoms with Crippen LogP contribution in [0.3, 0.4) is 0 Å². The molecule has 27 heavy (non-hydrogen) atoms. The minimum Gasteiger partial charge on any atom is -0.598 e. The molecule has 148 valence electrons. The Hall–Kier alpha value is -1.42. The number of nitrogens with one attached hydrogen (secondary N) is 1. The smallest absolute Gasteiger partial charge is 0.433 e. The summed E-state index contributed by atoms with van der Waals surface area (Å²) in [6.07, 6.45) is -3.74. The highest BCUT2D eigenvalue weighted by Gasteiger charge is 2.35. The second-order valence-electron chi connectivity index (χ2n) is 6.67. The first-order valence-electron chi connectivity index (χ1n) is 7.67. The molecule has 0 aliphatic rings. The summed E-state index contributed by atoms with van der Waals surface area (Å²) in [6.45, 7) is 4.98. The molecule has 0 fully saturated rings. The van der Waals surface area contributed by atoms with Crippen LogP contribution in [0.5, 0.6) is 0 Å². The van der Waals surface area contributed by atoms with Gasteiger partial charge in [0.15, 0.2) is 0 Å². The van der Waals surface area contributed by atoms with Gasteiger partial charge in [0.1, 0.15) is 33.1 Å². The van der Waals surface area contributed by atoms with Gasteiger partial charge in [-0.2, -0.15) is 13.2 Å². The second-order valence-corrected chi connectivity index (χ2v) is 9.05. The monoisotopic (exact) mass is 426 g/mol. The van der Waals surface area contributed by atoms with Gasteiger partial charge in [-0.1, -0.05) is 23.7 Å². The zero-order chi connectivity index (χ0) is 20.6. The standard InChI is InChI=1S/C17H16ClF5N2OS/c1-16(2,3)27(26)25-15(10-5-6-11(19)13(18)14(10)20)9-4-7-12(24-8-9)17(21,22)23/h4-8,15,25H,1-3H3. The van der Waals surface area contributed by atoms with Crippen LogP contribution in [0.15, 0.2) is 30.5 Å².